The quantitative estimate of drug-likeness (QED) is 0.618. The molecule has 2 amide bonds. The number of anilines is 2. The van der Waals surface area contributed by atoms with Crippen LogP contribution in [0.5, 0.6) is 17.2 Å². The summed E-state index contributed by atoms with van der Waals surface area (Å²) in [4.78, 5) is 27.1. The van der Waals surface area contributed by atoms with E-state index in [0.29, 0.717) is 41.8 Å². The van der Waals surface area contributed by atoms with Crippen molar-refractivity contribution in [2.24, 2.45) is 5.92 Å². The van der Waals surface area contributed by atoms with Gasteiger partial charge in [-0.3, -0.25) is 9.59 Å². The maximum absolute atomic E-state index is 12.9. The first kappa shape index (κ1) is 22.4. The van der Waals surface area contributed by atoms with Crippen LogP contribution in [0.2, 0.25) is 0 Å². The van der Waals surface area contributed by atoms with Gasteiger partial charge in [-0.15, -0.1) is 0 Å². The summed E-state index contributed by atoms with van der Waals surface area (Å²) in [6.45, 7) is 3.05. The highest BCUT2D eigenvalue weighted by Crippen LogP contribution is 2.34. The second kappa shape index (κ2) is 10.2. The molecule has 1 N–H and O–H groups in total. The zero-order valence-corrected chi connectivity index (χ0v) is 18.3. The van der Waals surface area contributed by atoms with E-state index in [4.69, 9.17) is 18.9 Å². The van der Waals surface area contributed by atoms with Crippen LogP contribution in [0.3, 0.4) is 0 Å². The second-order valence-electron chi connectivity index (χ2n) is 7.27. The van der Waals surface area contributed by atoms with Crippen molar-refractivity contribution < 1.29 is 28.5 Å². The first-order chi connectivity index (χ1) is 15.0. The molecule has 2 aromatic carbocycles. The molecule has 8 nitrogen and oxygen atoms in total. The van der Waals surface area contributed by atoms with Gasteiger partial charge in [0, 0.05) is 31.8 Å². The third-order valence-electron chi connectivity index (χ3n) is 5.11. The van der Waals surface area contributed by atoms with Gasteiger partial charge in [-0.1, -0.05) is 6.07 Å². The molecule has 0 spiro atoms. The van der Waals surface area contributed by atoms with Crippen LogP contribution in [-0.2, 0) is 14.3 Å². The second-order valence-corrected chi connectivity index (χ2v) is 7.27. The van der Waals surface area contributed by atoms with Crippen molar-refractivity contribution in [1.82, 2.24) is 0 Å². The summed E-state index contributed by atoms with van der Waals surface area (Å²) in [5.41, 5.74) is 2.25. The van der Waals surface area contributed by atoms with Crippen LogP contribution in [0.4, 0.5) is 11.4 Å². The van der Waals surface area contributed by atoms with Crippen molar-refractivity contribution in [3.63, 3.8) is 0 Å². The molecule has 1 aliphatic heterocycles. The minimum absolute atomic E-state index is 0.118. The number of hydrogen-bond acceptors (Lipinski definition) is 6. The van der Waals surface area contributed by atoms with Gasteiger partial charge in [0.05, 0.1) is 32.4 Å². The van der Waals surface area contributed by atoms with Crippen LogP contribution in [0.15, 0.2) is 36.4 Å². The normalized spacial score (nSPS) is 15.7. The summed E-state index contributed by atoms with van der Waals surface area (Å²) in [5, 5.41) is 2.91. The lowest BCUT2D eigenvalue weighted by Gasteiger charge is -2.19. The van der Waals surface area contributed by atoms with Crippen LogP contribution >= 0.6 is 0 Å². The van der Waals surface area contributed by atoms with Crippen LogP contribution < -0.4 is 24.4 Å². The van der Waals surface area contributed by atoms with E-state index < -0.39 is 5.92 Å². The van der Waals surface area contributed by atoms with Gasteiger partial charge in [-0.05, 0) is 36.8 Å². The van der Waals surface area contributed by atoms with Gasteiger partial charge in [0.1, 0.15) is 12.4 Å². The Kier molecular flexibility index (Phi) is 7.36. The summed E-state index contributed by atoms with van der Waals surface area (Å²) >= 11 is 0. The lowest BCUT2D eigenvalue weighted by Crippen LogP contribution is -2.28. The molecule has 8 heteroatoms. The molecule has 0 radical (unpaired) electrons. The summed E-state index contributed by atoms with van der Waals surface area (Å²) < 4.78 is 21.3. The molecule has 0 saturated carbocycles. The number of benzene rings is 2. The molecule has 1 aliphatic rings. The van der Waals surface area contributed by atoms with Crippen molar-refractivity contribution in [3.05, 3.63) is 42.0 Å². The van der Waals surface area contributed by atoms with Gasteiger partial charge in [-0.25, -0.2) is 0 Å². The highest BCUT2D eigenvalue weighted by molar-refractivity contribution is 6.04. The molecule has 2 aromatic rings. The van der Waals surface area contributed by atoms with E-state index in [-0.39, 0.29) is 24.8 Å². The maximum atomic E-state index is 12.9. The van der Waals surface area contributed by atoms with Crippen molar-refractivity contribution in [1.29, 1.82) is 0 Å². The highest BCUT2D eigenvalue weighted by atomic mass is 16.5. The molecular weight excluding hydrogens is 400 g/mol. The van der Waals surface area contributed by atoms with Gasteiger partial charge in [0.25, 0.3) is 0 Å². The molecule has 1 unspecified atom stereocenters. The zero-order valence-electron chi connectivity index (χ0n) is 18.3. The predicted octanol–water partition coefficient (Wildman–Crippen LogP) is 3.03. The lowest BCUT2D eigenvalue weighted by atomic mass is 10.1. The molecule has 1 atom stereocenters. The predicted molar refractivity (Wildman–Crippen MR) is 117 cm³/mol. The van der Waals surface area contributed by atoms with Gasteiger partial charge in [0.2, 0.25) is 11.8 Å². The Morgan fingerprint density at radius 1 is 1.03 bits per heavy atom. The topological polar surface area (TPSA) is 86.3 Å². The molecular formula is C23H28N2O6. The maximum Gasteiger partial charge on any atom is 0.229 e. The van der Waals surface area contributed by atoms with Gasteiger partial charge in [0.15, 0.2) is 11.5 Å². The number of nitrogens with one attached hydrogen (secondary N) is 1. The molecule has 166 valence electrons. The molecule has 1 fully saturated rings. The number of carbonyl (C=O) groups is 2. The van der Waals surface area contributed by atoms with E-state index in [2.05, 4.69) is 5.32 Å². The fourth-order valence-electron chi connectivity index (χ4n) is 3.45. The SMILES string of the molecule is COCCOc1cc(C)ccc1NC(=O)C1CC(=O)N(c2ccc(OC)c(OC)c2)C1. The minimum Gasteiger partial charge on any atom is -0.493 e. The van der Waals surface area contributed by atoms with E-state index in [9.17, 15) is 9.59 Å². The Morgan fingerprint density at radius 2 is 1.81 bits per heavy atom. The van der Waals surface area contributed by atoms with Crippen molar-refractivity contribution in [2.45, 2.75) is 13.3 Å². The Labute approximate surface area is 182 Å². The average molecular weight is 428 g/mol. The van der Waals surface area contributed by atoms with Crippen LogP contribution in [0, 0.1) is 12.8 Å². The molecule has 3 rings (SSSR count). The lowest BCUT2D eigenvalue weighted by molar-refractivity contribution is -0.122. The summed E-state index contributed by atoms with van der Waals surface area (Å²) in [6, 6.07) is 10.8. The Morgan fingerprint density at radius 3 is 2.52 bits per heavy atom. The summed E-state index contributed by atoms with van der Waals surface area (Å²) in [6.07, 6.45) is 0.131. The fourth-order valence-corrected chi connectivity index (χ4v) is 3.45. The van der Waals surface area contributed by atoms with Gasteiger partial charge < -0.3 is 29.2 Å². The smallest absolute Gasteiger partial charge is 0.229 e. The first-order valence-electron chi connectivity index (χ1n) is 10.0. The Balaban J connectivity index is 1.71. The first-order valence-corrected chi connectivity index (χ1v) is 10.0. The number of aryl methyl sites for hydroxylation is 1. The molecule has 0 aliphatic carbocycles. The summed E-state index contributed by atoms with van der Waals surface area (Å²) in [5.74, 6) is 0.857. The Hall–Kier alpha value is -3.26. The van der Waals surface area contributed by atoms with Crippen molar-refractivity contribution >= 4 is 23.2 Å². The van der Waals surface area contributed by atoms with E-state index in [1.165, 1.54) is 7.11 Å². The number of ether oxygens (including phenoxy) is 4. The van der Waals surface area contributed by atoms with E-state index in [0.717, 1.165) is 5.56 Å². The monoisotopic (exact) mass is 428 g/mol. The largest absolute Gasteiger partial charge is 0.493 e. The van der Waals surface area contributed by atoms with E-state index in [1.54, 1.807) is 43.4 Å². The molecule has 1 heterocycles. The number of methoxy groups -OCH3 is 3. The standard InChI is InChI=1S/C23H28N2O6/c1-15-5-7-18(20(11-15)31-10-9-28-2)24-23(27)16-12-22(26)25(14-16)17-6-8-19(29-3)21(13-17)30-4/h5-8,11,13,16H,9-10,12,14H2,1-4H3,(H,24,27). The average Bonchev–Trinajstić information content (AvgIpc) is 3.17. The van der Waals surface area contributed by atoms with Crippen LogP contribution in [0.25, 0.3) is 0 Å². The number of carbonyl (C=O) groups excluding carboxylic acids is 2. The highest BCUT2D eigenvalue weighted by Gasteiger charge is 2.35. The minimum atomic E-state index is -0.478. The van der Waals surface area contributed by atoms with Gasteiger partial charge >= 0.3 is 0 Å². The number of nitrogens with zero attached hydrogens (tertiary/aromatic N) is 1. The molecule has 0 bridgehead atoms. The third kappa shape index (κ3) is 5.27. The van der Waals surface area contributed by atoms with Crippen molar-refractivity contribution in [2.75, 3.05) is 51.3 Å². The molecule has 1 saturated heterocycles. The molecule has 0 aromatic heterocycles. The van der Waals surface area contributed by atoms with Crippen LogP contribution in [0.1, 0.15) is 12.0 Å². The Bertz CT molecular complexity index is 946. The number of hydrogen-bond donors (Lipinski definition) is 1. The van der Waals surface area contributed by atoms with E-state index in [1.807, 2.05) is 19.1 Å². The zero-order chi connectivity index (χ0) is 22.4. The van der Waals surface area contributed by atoms with E-state index >= 15 is 0 Å². The number of rotatable bonds is 9. The van der Waals surface area contributed by atoms with Crippen molar-refractivity contribution in [3.8, 4) is 17.2 Å². The summed E-state index contributed by atoms with van der Waals surface area (Å²) in [7, 11) is 4.69. The number of amides is 2. The van der Waals surface area contributed by atoms with Gasteiger partial charge in [-0.2, -0.15) is 0 Å². The third-order valence-corrected chi connectivity index (χ3v) is 5.11. The van der Waals surface area contributed by atoms with Crippen LogP contribution in [-0.4, -0.2) is 52.9 Å². The molecule has 31 heavy (non-hydrogen) atoms. The fraction of sp³-hybridized carbons (Fsp3) is 0.391.